The standard InChI is InChI=1S/C11H14F3N/c1-3-8(2)6-9-4-5-10(15-7-9)11(12,13)14/h4-5,7-8H,3,6H2,1-2H3. The van der Waals surface area contributed by atoms with Crippen LogP contribution in [0.15, 0.2) is 18.3 Å². The number of halogens is 3. The average molecular weight is 217 g/mol. The van der Waals surface area contributed by atoms with Gasteiger partial charge in [-0.3, -0.25) is 4.98 Å². The van der Waals surface area contributed by atoms with Gasteiger partial charge < -0.3 is 0 Å². The van der Waals surface area contributed by atoms with Crippen LogP contribution in [0.3, 0.4) is 0 Å². The molecule has 84 valence electrons. The van der Waals surface area contributed by atoms with E-state index in [1.807, 2.05) is 0 Å². The van der Waals surface area contributed by atoms with Gasteiger partial charge in [-0.25, -0.2) is 0 Å². The fourth-order valence-electron chi connectivity index (χ4n) is 1.26. The normalized spacial score (nSPS) is 13.9. The van der Waals surface area contributed by atoms with E-state index in [1.54, 1.807) is 0 Å². The molecule has 0 fully saturated rings. The zero-order chi connectivity index (χ0) is 11.5. The summed E-state index contributed by atoms with van der Waals surface area (Å²) in [4.78, 5) is 3.41. The molecule has 0 amide bonds. The first-order valence-corrected chi connectivity index (χ1v) is 4.95. The number of alkyl halides is 3. The van der Waals surface area contributed by atoms with Crippen LogP contribution in [0, 0.1) is 5.92 Å². The van der Waals surface area contributed by atoms with Crippen LogP contribution in [-0.2, 0) is 12.6 Å². The molecule has 15 heavy (non-hydrogen) atoms. The van der Waals surface area contributed by atoms with Gasteiger partial charge in [0.05, 0.1) is 0 Å². The Labute approximate surface area is 87.3 Å². The zero-order valence-corrected chi connectivity index (χ0v) is 8.80. The Bertz CT molecular complexity index is 303. The van der Waals surface area contributed by atoms with Gasteiger partial charge in [0, 0.05) is 6.20 Å². The van der Waals surface area contributed by atoms with E-state index >= 15 is 0 Å². The molecule has 0 N–H and O–H groups in total. The second-order valence-corrected chi connectivity index (χ2v) is 3.77. The molecule has 1 aromatic rings. The van der Waals surface area contributed by atoms with Gasteiger partial charge in [-0.1, -0.05) is 26.3 Å². The van der Waals surface area contributed by atoms with E-state index in [1.165, 1.54) is 12.3 Å². The highest BCUT2D eigenvalue weighted by Crippen LogP contribution is 2.27. The number of rotatable bonds is 3. The monoisotopic (exact) mass is 217 g/mol. The molecule has 4 heteroatoms. The Balaban J connectivity index is 2.73. The van der Waals surface area contributed by atoms with Crippen molar-refractivity contribution in [3.8, 4) is 0 Å². The molecule has 1 unspecified atom stereocenters. The minimum atomic E-state index is -4.34. The van der Waals surface area contributed by atoms with Crippen LogP contribution in [-0.4, -0.2) is 4.98 Å². The molecule has 0 aromatic carbocycles. The van der Waals surface area contributed by atoms with Gasteiger partial charge in [-0.05, 0) is 24.0 Å². The highest BCUT2D eigenvalue weighted by Gasteiger charge is 2.31. The van der Waals surface area contributed by atoms with Crippen molar-refractivity contribution in [2.75, 3.05) is 0 Å². The second-order valence-electron chi connectivity index (χ2n) is 3.77. The molecular weight excluding hydrogens is 203 g/mol. The quantitative estimate of drug-likeness (QED) is 0.752. The predicted octanol–water partition coefficient (Wildman–Crippen LogP) is 3.69. The molecular formula is C11H14F3N. The Morgan fingerprint density at radius 3 is 2.40 bits per heavy atom. The van der Waals surface area contributed by atoms with Crippen molar-refractivity contribution in [1.82, 2.24) is 4.98 Å². The number of hydrogen-bond donors (Lipinski definition) is 0. The Hall–Kier alpha value is -1.06. The Morgan fingerprint density at radius 1 is 1.33 bits per heavy atom. The van der Waals surface area contributed by atoms with Crippen LogP contribution in [0.4, 0.5) is 13.2 Å². The number of aromatic nitrogens is 1. The minimum Gasteiger partial charge on any atom is -0.252 e. The summed E-state index contributed by atoms with van der Waals surface area (Å²) in [5, 5.41) is 0. The minimum absolute atomic E-state index is 0.475. The van der Waals surface area contributed by atoms with Crippen LogP contribution < -0.4 is 0 Å². The number of nitrogens with zero attached hydrogens (tertiary/aromatic N) is 1. The lowest BCUT2D eigenvalue weighted by atomic mass is 10.0. The summed E-state index contributed by atoms with van der Waals surface area (Å²) >= 11 is 0. The van der Waals surface area contributed by atoms with E-state index < -0.39 is 11.9 Å². The van der Waals surface area contributed by atoms with Crippen molar-refractivity contribution in [2.24, 2.45) is 5.92 Å². The summed E-state index contributed by atoms with van der Waals surface area (Å²) in [7, 11) is 0. The Morgan fingerprint density at radius 2 is 2.00 bits per heavy atom. The van der Waals surface area contributed by atoms with Crippen LogP contribution in [0.1, 0.15) is 31.5 Å². The van der Waals surface area contributed by atoms with E-state index in [2.05, 4.69) is 18.8 Å². The molecule has 0 radical (unpaired) electrons. The van der Waals surface area contributed by atoms with Crippen LogP contribution in [0.25, 0.3) is 0 Å². The summed E-state index contributed by atoms with van der Waals surface area (Å²) in [6, 6.07) is 2.54. The first kappa shape index (κ1) is 12.0. The van der Waals surface area contributed by atoms with Gasteiger partial charge >= 0.3 is 6.18 Å². The fourth-order valence-corrected chi connectivity index (χ4v) is 1.26. The summed E-state index contributed by atoms with van der Waals surface area (Å²) < 4.78 is 36.6. The highest BCUT2D eigenvalue weighted by atomic mass is 19.4. The van der Waals surface area contributed by atoms with E-state index in [9.17, 15) is 13.2 Å². The molecule has 1 nitrogen and oxygen atoms in total. The Kier molecular flexibility index (Phi) is 3.72. The largest absolute Gasteiger partial charge is 0.433 e. The van der Waals surface area contributed by atoms with Gasteiger partial charge in [0.15, 0.2) is 0 Å². The molecule has 1 atom stereocenters. The first-order valence-electron chi connectivity index (χ1n) is 4.95. The molecule has 0 saturated carbocycles. The maximum absolute atomic E-state index is 12.2. The zero-order valence-electron chi connectivity index (χ0n) is 8.80. The average Bonchev–Trinajstić information content (AvgIpc) is 2.17. The van der Waals surface area contributed by atoms with Gasteiger partial charge in [0.25, 0.3) is 0 Å². The van der Waals surface area contributed by atoms with Crippen molar-refractivity contribution < 1.29 is 13.2 Å². The van der Waals surface area contributed by atoms with Crippen molar-refractivity contribution in [3.05, 3.63) is 29.6 Å². The smallest absolute Gasteiger partial charge is 0.252 e. The van der Waals surface area contributed by atoms with E-state index in [0.717, 1.165) is 24.5 Å². The van der Waals surface area contributed by atoms with Gasteiger partial charge in [0.1, 0.15) is 5.69 Å². The maximum atomic E-state index is 12.2. The van der Waals surface area contributed by atoms with Gasteiger partial charge in [0.2, 0.25) is 0 Å². The molecule has 0 aliphatic rings. The van der Waals surface area contributed by atoms with Gasteiger partial charge in [-0.2, -0.15) is 13.2 Å². The summed E-state index contributed by atoms with van der Waals surface area (Å²) in [5.41, 5.74) is 0.0350. The van der Waals surface area contributed by atoms with Crippen molar-refractivity contribution in [1.29, 1.82) is 0 Å². The van der Waals surface area contributed by atoms with Crippen molar-refractivity contribution in [2.45, 2.75) is 32.9 Å². The van der Waals surface area contributed by atoms with Crippen LogP contribution in [0.2, 0.25) is 0 Å². The summed E-state index contributed by atoms with van der Waals surface area (Å²) in [6.45, 7) is 4.12. The van der Waals surface area contributed by atoms with Crippen LogP contribution >= 0.6 is 0 Å². The van der Waals surface area contributed by atoms with Crippen LogP contribution in [0.5, 0.6) is 0 Å². The highest BCUT2D eigenvalue weighted by molar-refractivity contribution is 5.16. The summed E-state index contributed by atoms with van der Waals surface area (Å²) in [5.74, 6) is 0.475. The molecule has 0 aliphatic carbocycles. The van der Waals surface area contributed by atoms with Crippen molar-refractivity contribution in [3.63, 3.8) is 0 Å². The van der Waals surface area contributed by atoms with E-state index in [0.29, 0.717) is 5.92 Å². The SMILES string of the molecule is CCC(C)Cc1ccc(C(F)(F)F)nc1. The van der Waals surface area contributed by atoms with E-state index in [4.69, 9.17) is 0 Å². The molecule has 0 saturated heterocycles. The van der Waals surface area contributed by atoms with Crippen molar-refractivity contribution >= 4 is 0 Å². The third kappa shape index (κ3) is 3.53. The lowest BCUT2D eigenvalue weighted by Crippen LogP contribution is -2.08. The lowest BCUT2D eigenvalue weighted by molar-refractivity contribution is -0.141. The second kappa shape index (κ2) is 4.64. The maximum Gasteiger partial charge on any atom is 0.433 e. The number of pyridine rings is 1. The molecule has 1 aromatic heterocycles. The van der Waals surface area contributed by atoms with Gasteiger partial charge in [-0.15, -0.1) is 0 Å². The third-order valence-electron chi connectivity index (χ3n) is 2.40. The molecule has 0 aliphatic heterocycles. The molecule has 1 heterocycles. The third-order valence-corrected chi connectivity index (χ3v) is 2.40. The summed E-state index contributed by atoms with van der Waals surface area (Å²) in [6.07, 6.45) is -1.23. The molecule has 0 spiro atoms. The lowest BCUT2D eigenvalue weighted by Gasteiger charge is -2.09. The molecule has 0 bridgehead atoms. The first-order chi connectivity index (χ1) is 6.93. The fraction of sp³-hybridized carbons (Fsp3) is 0.545. The predicted molar refractivity (Wildman–Crippen MR) is 52.4 cm³/mol. The number of hydrogen-bond acceptors (Lipinski definition) is 1. The van der Waals surface area contributed by atoms with E-state index in [-0.39, 0.29) is 0 Å². The molecule has 1 rings (SSSR count). The topological polar surface area (TPSA) is 12.9 Å².